The minimum Gasteiger partial charge on any atom is -0.309 e. The monoisotopic (exact) mass is 1420 g/mol. The van der Waals surface area contributed by atoms with Crippen molar-refractivity contribution in [3.05, 3.63) is 437 Å². The predicted molar refractivity (Wildman–Crippen MR) is 474 cm³/mol. The molecule has 524 valence electrons. The van der Waals surface area contributed by atoms with Gasteiger partial charge in [-0.05, 0) is 216 Å². The van der Waals surface area contributed by atoms with Gasteiger partial charge in [-0.3, -0.25) is 0 Å². The second-order valence-corrected chi connectivity index (χ2v) is 29.2. The molecule has 0 aliphatic carbocycles. The third-order valence-electron chi connectivity index (χ3n) is 22.6. The van der Waals surface area contributed by atoms with Crippen LogP contribution in [0, 0.1) is 0 Å². The van der Waals surface area contributed by atoms with Crippen molar-refractivity contribution in [3.8, 4) is 112 Å². The maximum absolute atomic E-state index is 2.42. The molecule has 4 aromatic heterocycles. The summed E-state index contributed by atoms with van der Waals surface area (Å²) in [5.41, 5.74) is 33.6. The van der Waals surface area contributed by atoms with Crippen LogP contribution in [0.3, 0.4) is 0 Å². The van der Waals surface area contributed by atoms with Crippen LogP contribution in [0.15, 0.2) is 437 Å². The lowest BCUT2D eigenvalue weighted by Crippen LogP contribution is -1.94. The maximum Gasteiger partial charge on any atom is 0.0541 e. The summed E-state index contributed by atoms with van der Waals surface area (Å²) in [5.74, 6) is 0. The topological polar surface area (TPSA) is 19.7 Å². The van der Waals surface area contributed by atoms with Gasteiger partial charge in [0, 0.05) is 65.8 Å². The van der Waals surface area contributed by atoms with Gasteiger partial charge in [0.1, 0.15) is 0 Å². The Labute approximate surface area is 649 Å². The lowest BCUT2D eigenvalue weighted by molar-refractivity contribution is 1.18. The van der Waals surface area contributed by atoms with Crippen molar-refractivity contribution in [1.82, 2.24) is 18.3 Å². The quantitative estimate of drug-likeness (QED) is 0.116. The first kappa shape index (κ1) is 65.5. The van der Waals surface area contributed by atoms with Crippen LogP contribution in [0.25, 0.3) is 199 Å². The van der Waals surface area contributed by atoms with Crippen LogP contribution in [0.5, 0.6) is 0 Å². The van der Waals surface area contributed by atoms with Gasteiger partial charge in [0.05, 0.1) is 44.1 Å². The van der Waals surface area contributed by atoms with Crippen molar-refractivity contribution in [2.45, 2.75) is 0 Å². The Morgan fingerprint density at radius 1 is 0.0982 bits per heavy atom. The van der Waals surface area contributed by atoms with Gasteiger partial charge in [-0.25, -0.2) is 0 Å². The first-order chi connectivity index (χ1) is 55.5. The van der Waals surface area contributed by atoms with Crippen LogP contribution in [-0.4, -0.2) is 18.3 Å². The molecule has 0 fully saturated rings. The summed E-state index contributed by atoms with van der Waals surface area (Å²) in [6.45, 7) is 0. The highest BCUT2D eigenvalue weighted by Crippen LogP contribution is 2.43. The number of hydrogen-bond donors (Lipinski definition) is 0. The zero-order valence-electron chi connectivity index (χ0n) is 61.4. The van der Waals surface area contributed by atoms with Crippen molar-refractivity contribution in [2.75, 3.05) is 0 Å². The van der Waals surface area contributed by atoms with Crippen molar-refractivity contribution in [3.63, 3.8) is 0 Å². The zero-order chi connectivity index (χ0) is 74.0. The zero-order valence-corrected chi connectivity index (χ0v) is 61.4. The Morgan fingerprint density at radius 2 is 0.268 bits per heavy atom. The van der Waals surface area contributed by atoms with E-state index < -0.39 is 0 Å². The van der Waals surface area contributed by atoms with Crippen LogP contribution >= 0.6 is 0 Å². The molecule has 0 aliphatic heterocycles. The van der Waals surface area contributed by atoms with E-state index >= 15 is 0 Å². The van der Waals surface area contributed by atoms with Gasteiger partial charge in [0.2, 0.25) is 0 Å². The molecule has 0 amide bonds. The Bertz CT molecular complexity index is 7340. The lowest BCUT2D eigenvalue weighted by atomic mass is 9.99. The number of rotatable bonds is 12. The molecule has 18 aromatic carbocycles. The number of nitrogens with zero attached hydrogens (tertiary/aromatic N) is 4. The molecule has 22 rings (SSSR count). The molecular formula is C108H72N4. The smallest absolute Gasteiger partial charge is 0.0541 e. The first-order valence-corrected chi connectivity index (χ1v) is 38.5. The van der Waals surface area contributed by atoms with Crippen LogP contribution < -0.4 is 0 Å². The highest BCUT2D eigenvalue weighted by Gasteiger charge is 2.21. The molecule has 0 bridgehead atoms. The van der Waals surface area contributed by atoms with E-state index in [0.29, 0.717) is 0 Å². The molecular weight excluding hydrogens is 1350 g/mol. The van der Waals surface area contributed by atoms with E-state index in [0.717, 1.165) is 22.7 Å². The SMILES string of the molecule is c1ccc(-c2ccc(-c3cccc(-n4c5ccccc5c5cc(-c6ccc7c(c6)c6ccccc6n7-c6cccc(-c7ccccc7)c6)ccc54)c3)cc2)cc1.c1ccc(-c2cccc(-c3cccc(-n4c5ccccc5c5cc(-c6ccc7c(c6)c6ccccc6n7-c6cccc(-c7ccccc7)c6)ccc54)c3)c2)cc1. The average molecular weight is 1430 g/mol. The van der Waals surface area contributed by atoms with Gasteiger partial charge >= 0.3 is 0 Å². The van der Waals surface area contributed by atoms with Crippen LogP contribution in [0.4, 0.5) is 0 Å². The lowest BCUT2D eigenvalue weighted by Gasteiger charge is -2.12. The minimum absolute atomic E-state index is 1.15. The van der Waals surface area contributed by atoms with Crippen molar-refractivity contribution >= 4 is 87.2 Å². The van der Waals surface area contributed by atoms with Crippen LogP contribution in [-0.2, 0) is 0 Å². The fraction of sp³-hybridized carbons (Fsp3) is 0. The predicted octanol–water partition coefficient (Wildman–Crippen LogP) is 29.1. The standard InChI is InChI=1S/2C54H36N2/c1-3-14-37(15-4-1)39-18-11-19-40(32-39)42-21-13-23-46(34-42)56-52-27-10-8-25-48(52)50-36-44(29-31-54(50)56)43-28-30-53-49(35-43)47-24-7-9-26-51(47)55(53)45-22-12-20-41(33-45)38-16-5-2-6-17-38;1-3-13-37(14-4-1)39-25-27-40(28-26-39)42-18-12-20-46(34-42)56-52-24-10-8-22-48(52)50-36-44(30-32-54(50)56)43-29-31-53-49(35-43)47-21-7-9-23-51(47)55(53)45-19-11-17-41(33-45)38-15-5-2-6-16-38/h2*1-36H. The van der Waals surface area contributed by atoms with E-state index in [1.165, 1.54) is 176 Å². The molecule has 0 N–H and O–H groups in total. The van der Waals surface area contributed by atoms with E-state index in [1.54, 1.807) is 0 Å². The van der Waals surface area contributed by atoms with E-state index in [2.05, 4.69) is 455 Å². The second kappa shape index (κ2) is 27.7. The number of fused-ring (bicyclic) bond motifs is 12. The van der Waals surface area contributed by atoms with Gasteiger partial charge in [0.25, 0.3) is 0 Å². The average Bonchev–Trinajstić information content (AvgIpc) is 1.59. The van der Waals surface area contributed by atoms with Gasteiger partial charge in [-0.15, -0.1) is 0 Å². The Kier molecular flexibility index (Phi) is 16.2. The Balaban J connectivity index is 0.000000141. The normalized spacial score (nSPS) is 11.6. The highest BCUT2D eigenvalue weighted by molar-refractivity contribution is 6.15. The number of hydrogen-bond acceptors (Lipinski definition) is 0. The number of benzene rings is 18. The molecule has 0 radical (unpaired) electrons. The van der Waals surface area contributed by atoms with Crippen molar-refractivity contribution in [2.24, 2.45) is 0 Å². The summed E-state index contributed by atoms with van der Waals surface area (Å²) in [7, 11) is 0. The number of aromatic nitrogens is 4. The summed E-state index contributed by atoms with van der Waals surface area (Å²) in [5, 5.41) is 9.99. The fourth-order valence-electron chi connectivity index (χ4n) is 17.3. The van der Waals surface area contributed by atoms with Crippen molar-refractivity contribution < 1.29 is 0 Å². The molecule has 0 saturated heterocycles. The Morgan fingerprint density at radius 3 is 0.554 bits per heavy atom. The highest BCUT2D eigenvalue weighted by atomic mass is 15.0. The van der Waals surface area contributed by atoms with Gasteiger partial charge in [-0.1, -0.05) is 309 Å². The van der Waals surface area contributed by atoms with Crippen LogP contribution in [0.2, 0.25) is 0 Å². The molecule has 0 spiro atoms. The third-order valence-corrected chi connectivity index (χ3v) is 22.6. The molecule has 22 aromatic rings. The number of para-hydroxylation sites is 4. The molecule has 0 aliphatic rings. The minimum atomic E-state index is 1.15. The van der Waals surface area contributed by atoms with E-state index in [4.69, 9.17) is 0 Å². The molecule has 0 unspecified atom stereocenters. The molecule has 4 heteroatoms. The van der Waals surface area contributed by atoms with E-state index in [-0.39, 0.29) is 0 Å². The maximum atomic E-state index is 2.42. The molecule has 4 heterocycles. The fourth-order valence-corrected chi connectivity index (χ4v) is 17.3. The van der Waals surface area contributed by atoms with E-state index in [1.807, 2.05) is 0 Å². The third kappa shape index (κ3) is 11.6. The van der Waals surface area contributed by atoms with Gasteiger partial charge in [0.15, 0.2) is 0 Å². The molecule has 0 saturated carbocycles. The molecule has 112 heavy (non-hydrogen) atoms. The summed E-state index contributed by atoms with van der Waals surface area (Å²) in [6, 6.07) is 159. The molecule has 0 atom stereocenters. The molecule has 4 nitrogen and oxygen atoms in total. The summed E-state index contributed by atoms with van der Waals surface area (Å²) < 4.78 is 9.64. The van der Waals surface area contributed by atoms with Gasteiger partial charge in [-0.2, -0.15) is 0 Å². The van der Waals surface area contributed by atoms with Crippen molar-refractivity contribution in [1.29, 1.82) is 0 Å². The largest absolute Gasteiger partial charge is 0.309 e. The summed E-state index contributed by atoms with van der Waals surface area (Å²) >= 11 is 0. The van der Waals surface area contributed by atoms with Crippen LogP contribution in [0.1, 0.15) is 0 Å². The summed E-state index contributed by atoms with van der Waals surface area (Å²) in [6.07, 6.45) is 0. The van der Waals surface area contributed by atoms with E-state index in [9.17, 15) is 0 Å². The second-order valence-electron chi connectivity index (χ2n) is 29.2. The van der Waals surface area contributed by atoms with Gasteiger partial charge < -0.3 is 18.3 Å². The Hall–Kier alpha value is -14.8. The summed E-state index contributed by atoms with van der Waals surface area (Å²) in [4.78, 5) is 0. The first-order valence-electron chi connectivity index (χ1n) is 38.5.